The fourth-order valence-electron chi connectivity index (χ4n) is 9.45. The van der Waals surface area contributed by atoms with Gasteiger partial charge in [0, 0.05) is 31.6 Å². The van der Waals surface area contributed by atoms with Crippen LogP contribution in [0.2, 0.25) is 18.1 Å². The van der Waals surface area contributed by atoms with E-state index in [9.17, 15) is 19.5 Å². The Morgan fingerprint density at radius 2 is 1.60 bits per heavy atom. The lowest BCUT2D eigenvalue weighted by Gasteiger charge is -2.68. The van der Waals surface area contributed by atoms with Gasteiger partial charge >= 0.3 is 17.9 Å². The summed E-state index contributed by atoms with van der Waals surface area (Å²) in [5.74, 6) is -4.20. The molecule has 1 saturated heterocycles. The number of hydrogen-bond donors (Lipinski definition) is 1. The Hall–Kier alpha value is -2.86. The van der Waals surface area contributed by atoms with Crippen LogP contribution >= 0.6 is 0 Å². The molecule has 2 saturated carbocycles. The molecule has 264 valence electrons. The van der Waals surface area contributed by atoms with Gasteiger partial charge in [-0.05, 0) is 50.5 Å². The highest BCUT2D eigenvalue weighted by Gasteiger charge is 2.78. The highest BCUT2D eigenvalue weighted by atomic mass is 28.4. The van der Waals surface area contributed by atoms with Gasteiger partial charge in [0.15, 0.2) is 25.8 Å². The van der Waals surface area contributed by atoms with Crippen molar-refractivity contribution >= 4 is 32.0 Å². The van der Waals surface area contributed by atoms with Crippen molar-refractivity contribution in [2.24, 2.45) is 22.7 Å². The van der Waals surface area contributed by atoms with Gasteiger partial charge in [0.05, 0.1) is 29.6 Å². The Labute approximate surface area is 285 Å². The summed E-state index contributed by atoms with van der Waals surface area (Å²) in [6.45, 7) is 16.1. The molecule has 1 heterocycles. The average Bonchev–Trinajstić information content (AvgIpc) is 3.03. The van der Waals surface area contributed by atoms with Crippen molar-refractivity contribution in [3.8, 4) is 0 Å². The molecule has 1 N–H and O–H groups in total. The van der Waals surface area contributed by atoms with Crippen LogP contribution in [0, 0.1) is 22.7 Å². The van der Waals surface area contributed by atoms with Crippen molar-refractivity contribution < 1.29 is 47.7 Å². The monoisotopic (exact) mass is 684 g/mol. The van der Waals surface area contributed by atoms with E-state index in [0.717, 1.165) is 23.7 Å². The molecule has 4 aliphatic rings. The number of benzene rings is 1. The van der Waals surface area contributed by atoms with Gasteiger partial charge in [0.1, 0.15) is 17.8 Å². The summed E-state index contributed by atoms with van der Waals surface area (Å²) in [7, 11) is -2.43. The predicted molar refractivity (Wildman–Crippen MR) is 179 cm³/mol. The van der Waals surface area contributed by atoms with Crippen molar-refractivity contribution in [2.45, 2.75) is 129 Å². The predicted octanol–water partition coefficient (Wildman–Crippen LogP) is 5.57. The summed E-state index contributed by atoms with van der Waals surface area (Å²) in [5, 5.41) is 13.2. The molecule has 3 aliphatic carbocycles. The topological polar surface area (TPSA) is 135 Å². The lowest BCUT2D eigenvalue weighted by Crippen LogP contribution is -2.82. The minimum absolute atomic E-state index is 0.0676. The summed E-state index contributed by atoms with van der Waals surface area (Å²) in [5.41, 5.74) is -4.93. The van der Waals surface area contributed by atoms with Crippen LogP contribution in [-0.4, -0.2) is 79.3 Å². The van der Waals surface area contributed by atoms with Crippen LogP contribution in [0.1, 0.15) is 85.5 Å². The minimum atomic E-state index is -2.43. The number of esters is 3. The van der Waals surface area contributed by atoms with Crippen LogP contribution in [0.5, 0.6) is 0 Å². The molecular formula is C37H52O10Si. The number of ether oxygens (including phenoxy) is 4. The lowest BCUT2D eigenvalue weighted by molar-refractivity contribution is -0.347. The standard InChI is InChI=1S/C37H52O10Si/c1-10-48(11-2,12-3)47-26-20-27-36(21-43-27,46-24(6)39)30-32(45-33(41)25-16-14-13-15-17-25)37(42)19-18-22(4)28(34(37,7)8)29(44-23(5)38)31(40)35(26,30)9/h13-18,26-30,32,42H,10-12,19-21H2,1-9H3/t26?,27?,28?,29-,30?,32-,35+,36?,37?/m1/s1. The van der Waals surface area contributed by atoms with Crippen LogP contribution in [0.4, 0.5) is 0 Å². The van der Waals surface area contributed by atoms with Gasteiger partial charge in [0.25, 0.3) is 0 Å². The minimum Gasteiger partial charge on any atom is -0.455 e. The molecule has 0 aromatic heterocycles. The van der Waals surface area contributed by atoms with E-state index in [2.05, 4.69) is 20.8 Å². The van der Waals surface area contributed by atoms with Crippen LogP contribution in [-0.2, 0) is 37.8 Å². The number of fused-ring (bicyclic) bond motifs is 5. The van der Waals surface area contributed by atoms with Crippen molar-refractivity contribution in [3.05, 3.63) is 47.5 Å². The summed E-state index contributed by atoms with van der Waals surface area (Å²) in [6, 6.07) is 10.9. The normalized spacial score (nSPS) is 37.0. The summed E-state index contributed by atoms with van der Waals surface area (Å²) >= 11 is 0. The fourth-order valence-corrected chi connectivity index (χ4v) is 12.4. The van der Waals surface area contributed by atoms with Crippen molar-refractivity contribution in [2.75, 3.05) is 6.61 Å². The number of carbonyl (C=O) groups excluding carboxylic acids is 4. The van der Waals surface area contributed by atoms with Crippen LogP contribution in [0.25, 0.3) is 0 Å². The van der Waals surface area contributed by atoms with E-state index >= 15 is 4.79 Å². The Bertz CT molecular complexity index is 1460. The third-order valence-corrected chi connectivity index (χ3v) is 17.2. The largest absolute Gasteiger partial charge is 0.455 e. The van der Waals surface area contributed by atoms with Gasteiger partial charge in [-0.1, -0.05) is 64.5 Å². The molecule has 11 heteroatoms. The molecule has 1 aromatic rings. The first-order chi connectivity index (χ1) is 22.5. The van der Waals surface area contributed by atoms with Gasteiger partial charge in [-0.2, -0.15) is 0 Å². The van der Waals surface area contributed by atoms with Gasteiger partial charge in [-0.25, -0.2) is 4.79 Å². The molecule has 5 rings (SSSR count). The van der Waals surface area contributed by atoms with Gasteiger partial charge < -0.3 is 28.5 Å². The molecule has 0 amide bonds. The number of rotatable bonds is 9. The molecule has 0 radical (unpaired) electrons. The van der Waals surface area contributed by atoms with E-state index in [0.29, 0.717) is 0 Å². The Morgan fingerprint density at radius 1 is 0.979 bits per heavy atom. The van der Waals surface area contributed by atoms with E-state index in [1.807, 2.05) is 26.8 Å². The van der Waals surface area contributed by atoms with E-state index in [1.54, 1.807) is 37.3 Å². The molecule has 9 atom stereocenters. The average molecular weight is 685 g/mol. The molecule has 0 spiro atoms. The third-order valence-electron chi connectivity index (χ3n) is 12.5. The van der Waals surface area contributed by atoms with Crippen LogP contribution < -0.4 is 0 Å². The first-order valence-electron chi connectivity index (χ1n) is 17.3. The van der Waals surface area contributed by atoms with Crippen LogP contribution in [0.15, 0.2) is 42.0 Å². The number of carbonyl (C=O) groups is 4. The third kappa shape index (κ3) is 5.40. The second-order valence-electron chi connectivity index (χ2n) is 15.1. The van der Waals surface area contributed by atoms with E-state index < -0.39 is 90.3 Å². The Morgan fingerprint density at radius 3 is 2.12 bits per heavy atom. The number of aliphatic hydroxyl groups is 1. The second kappa shape index (κ2) is 12.8. The molecule has 48 heavy (non-hydrogen) atoms. The molecule has 3 fully saturated rings. The molecule has 6 unspecified atom stereocenters. The first kappa shape index (κ1) is 36.4. The number of Topliss-reactive ketones (excluding diaryl/α,β-unsaturated/α-hetero) is 1. The summed E-state index contributed by atoms with van der Waals surface area (Å²) in [6.07, 6.45) is -1.99. The van der Waals surface area contributed by atoms with Gasteiger partial charge in [0.2, 0.25) is 0 Å². The molecular weight excluding hydrogens is 632 g/mol. The van der Waals surface area contributed by atoms with Gasteiger partial charge in [-0.3, -0.25) is 14.4 Å². The molecule has 2 bridgehead atoms. The van der Waals surface area contributed by atoms with Crippen molar-refractivity contribution in [3.63, 3.8) is 0 Å². The van der Waals surface area contributed by atoms with E-state index in [4.69, 9.17) is 23.4 Å². The smallest absolute Gasteiger partial charge is 0.338 e. The molecule has 1 aromatic carbocycles. The second-order valence-corrected chi connectivity index (χ2v) is 19.8. The zero-order valence-electron chi connectivity index (χ0n) is 29.8. The summed E-state index contributed by atoms with van der Waals surface area (Å²) < 4.78 is 32.1. The Kier molecular flexibility index (Phi) is 9.70. The quantitative estimate of drug-likeness (QED) is 0.152. The molecule has 10 nitrogen and oxygen atoms in total. The molecule has 1 aliphatic heterocycles. The highest BCUT2D eigenvalue weighted by Crippen LogP contribution is 2.65. The van der Waals surface area contributed by atoms with E-state index in [-0.39, 0.29) is 25.0 Å². The SMILES string of the molecule is CC[Si](CC)(CC)OC1CC2OCC2(OC(C)=O)C2[C@@H](OC(=O)c3ccccc3)C3(O)CC=C(C)C([C@@H](OC(C)=O)C(=O)[C@@]12C)C3(C)C. The maximum Gasteiger partial charge on any atom is 0.338 e. The van der Waals surface area contributed by atoms with Crippen molar-refractivity contribution in [1.82, 2.24) is 0 Å². The number of hydrogen-bond acceptors (Lipinski definition) is 10. The lowest BCUT2D eigenvalue weighted by atomic mass is 9.44. The van der Waals surface area contributed by atoms with Gasteiger partial charge in [-0.15, -0.1) is 0 Å². The fraction of sp³-hybridized carbons (Fsp3) is 0.676. The maximum absolute atomic E-state index is 15.6. The van der Waals surface area contributed by atoms with E-state index in [1.165, 1.54) is 13.8 Å². The highest BCUT2D eigenvalue weighted by molar-refractivity contribution is 6.73. The Balaban J connectivity index is 1.85. The summed E-state index contributed by atoms with van der Waals surface area (Å²) in [4.78, 5) is 55.4. The number of ketones is 1. The zero-order valence-corrected chi connectivity index (χ0v) is 30.8. The van der Waals surface area contributed by atoms with Crippen molar-refractivity contribution in [1.29, 1.82) is 0 Å². The maximum atomic E-state index is 15.6. The zero-order chi connectivity index (χ0) is 35.4. The van der Waals surface area contributed by atoms with Crippen LogP contribution in [0.3, 0.4) is 0 Å². The first-order valence-corrected chi connectivity index (χ1v) is 19.9.